The number of thiophene rings is 1. The van der Waals surface area contributed by atoms with Crippen LogP contribution in [-0.2, 0) is 11.3 Å². The lowest BCUT2D eigenvalue weighted by Crippen LogP contribution is -2.24. The summed E-state index contributed by atoms with van der Waals surface area (Å²) in [5, 5.41) is 7.12. The first-order valence-electron chi connectivity index (χ1n) is 9.35. The molecule has 1 fully saturated rings. The van der Waals surface area contributed by atoms with Crippen molar-refractivity contribution in [1.29, 1.82) is 0 Å². The third kappa shape index (κ3) is 4.24. The lowest BCUT2D eigenvalue weighted by atomic mass is 10.1. The van der Waals surface area contributed by atoms with Crippen molar-refractivity contribution in [3.05, 3.63) is 70.7 Å². The molecule has 1 amide bonds. The molecular formula is C22H23N3O2S. The van der Waals surface area contributed by atoms with E-state index in [1.807, 2.05) is 35.8 Å². The number of rotatable bonds is 6. The Hall–Kier alpha value is -2.70. The molecule has 4 rings (SSSR count). The van der Waals surface area contributed by atoms with Crippen LogP contribution in [-0.4, -0.2) is 37.2 Å². The summed E-state index contributed by atoms with van der Waals surface area (Å²) in [4.78, 5) is 19.1. The highest BCUT2D eigenvalue weighted by molar-refractivity contribution is 7.08. The second kappa shape index (κ2) is 8.54. The summed E-state index contributed by atoms with van der Waals surface area (Å²) in [7, 11) is 1.76. The summed E-state index contributed by atoms with van der Waals surface area (Å²) >= 11 is 1.66. The number of nitrogens with zero attached hydrogens (tertiary/aromatic N) is 2. The molecule has 1 atom stereocenters. The van der Waals surface area contributed by atoms with Crippen molar-refractivity contribution in [3.8, 4) is 11.1 Å². The van der Waals surface area contributed by atoms with E-state index in [0.29, 0.717) is 18.2 Å². The maximum Gasteiger partial charge on any atom is 0.251 e. The van der Waals surface area contributed by atoms with Gasteiger partial charge in [0.05, 0.1) is 6.10 Å². The number of methoxy groups -OCH3 is 1. The maximum absolute atomic E-state index is 12.5. The molecule has 3 heterocycles. The smallest absolute Gasteiger partial charge is 0.251 e. The fourth-order valence-corrected chi connectivity index (χ4v) is 4.10. The number of carbonyl (C=O) groups excluding carboxylic acids is 1. The average Bonchev–Trinajstić information content (AvgIpc) is 3.44. The normalized spacial score (nSPS) is 16.3. The first-order valence-corrected chi connectivity index (χ1v) is 10.3. The highest BCUT2D eigenvalue weighted by Crippen LogP contribution is 2.23. The first-order chi connectivity index (χ1) is 13.7. The molecule has 6 heteroatoms. The van der Waals surface area contributed by atoms with Gasteiger partial charge >= 0.3 is 0 Å². The molecule has 144 valence electrons. The average molecular weight is 394 g/mol. The molecule has 0 radical (unpaired) electrons. The summed E-state index contributed by atoms with van der Waals surface area (Å²) in [5.74, 6) is -0.0799. The summed E-state index contributed by atoms with van der Waals surface area (Å²) < 4.78 is 5.42. The number of hydrogen-bond donors (Lipinski definition) is 1. The molecule has 0 aliphatic carbocycles. The predicted molar refractivity (Wildman–Crippen MR) is 113 cm³/mol. The summed E-state index contributed by atoms with van der Waals surface area (Å²) in [6.07, 6.45) is 4.97. The van der Waals surface area contributed by atoms with Gasteiger partial charge in [0.15, 0.2) is 0 Å². The van der Waals surface area contributed by atoms with Crippen molar-refractivity contribution in [3.63, 3.8) is 0 Å². The molecule has 5 nitrogen and oxygen atoms in total. The van der Waals surface area contributed by atoms with Gasteiger partial charge in [-0.2, -0.15) is 11.3 Å². The molecule has 28 heavy (non-hydrogen) atoms. The number of nitrogens with one attached hydrogen (secondary N) is 1. The molecule has 0 unspecified atom stereocenters. The Morgan fingerprint density at radius 2 is 2.11 bits per heavy atom. The Labute approximate surface area is 169 Å². The molecule has 0 saturated carbocycles. The number of aromatic nitrogens is 1. The van der Waals surface area contributed by atoms with Crippen molar-refractivity contribution in [2.24, 2.45) is 0 Å². The standard InChI is InChI=1S/C22H23N3O2S/c1-27-21-6-8-25(14-21)20-4-2-17(3-5-20)22(26)24-12-16-10-19(13-23-11-16)18-7-9-28-15-18/h2-5,7,9-11,13,15,21H,6,8,12,14H2,1H3,(H,24,26)/t21-/m1/s1. The molecular weight excluding hydrogens is 370 g/mol. The van der Waals surface area contributed by atoms with Crippen molar-refractivity contribution in [1.82, 2.24) is 10.3 Å². The van der Waals surface area contributed by atoms with E-state index in [4.69, 9.17) is 4.74 Å². The fraction of sp³-hybridized carbons (Fsp3) is 0.273. The van der Waals surface area contributed by atoms with Gasteiger partial charge in [0.2, 0.25) is 0 Å². The van der Waals surface area contributed by atoms with Crippen LogP contribution in [0, 0.1) is 0 Å². The highest BCUT2D eigenvalue weighted by atomic mass is 32.1. The largest absolute Gasteiger partial charge is 0.380 e. The number of pyridine rings is 1. The van der Waals surface area contributed by atoms with Crippen LogP contribution in [0.1, 0.15) is 22.3 Å². The minimum absolute atomic E-state index is 0.0799. The summed E-state index contributed by atoms with van der Waals surface area (Å²) in [6.45, 7) is 2.33. The zero-order chi connectivity index (χ0) is 19.3. The van der Waals surface area contributed by atoms with Gasteiger partial charge in [-0.15, -0.1) is 0 Å². The Kier molecular flexibility index (Phi) is 5.69. The minimum Gasteiger partial charge on any atom is -0.380 e. The Bertz CT molecular complexity index is 925. The van der Waals surface area contributed by atoms with Crippen LogP contribution in [0.5, 0.6) is 0 Å². The van der Waals surface area contributed by atoms with E-state index in [1.165, 1.54) is 0 Å². The van der Waals surface area contributed by atoms with Crippen molar-refractivity contribution >= 4 is 22.9 Å². The van der Waals surface area contributed by atoms with Gasteiger partial charge in [0, 0.05) is 56.0 Å². The number of ether oxygens (including phenoxy) is 1. The van der Waals surface area contributed by atoms with Gasteiger partial charge in [-0.05, 0) is 64.7 Å². The van der Waals surface area contributed by atoms with Gasteiger partial charge in [-0.3, -0.25) is 9.78 Å². The predicted octanol–water partition coefficient (Wildman–Crippen LogP) is 3.97. The SMILES string of the molecule is CO[C@@H]1CCN(c2ccc(C(=O)NCc3cncc(-c4ccsc4)c3)cc2)C1. The second-order valence-corrected chi connectivity index (χ2v) is 7.70. The van der Waals surface area contributed by atoms with Crippen molar-refractivity contribution in [2.45, 2.75) is 19.1 Å². The second-order valence-electron chi connectivity index (χ2n) is 6.92. The maximum atomic E-state index is 12.5. The summed E-state index contributed by atoms with van der Waals surface area (Å²) in [6, 6.07) is 11.9. The van der Waals surface area contributed by atoms with Crippen LogP contribution in [0.3, 0.4) is 0 Å². The van der Waals surface area contributed by atoms with E-state index in [-0.39, 0.29) is 5.91 Å². The zero-order valence-corrected chi connectivity index (χ0v) is 16.6. The number of amides is 1. The van der Waals surface area contributed by atoms with Gasteiger partial charge in [-0.1, -0.05) is 0 Å². The minimum atomic E-state index is -0.0799. The fourth-order valence-electron chi connectivity index (χ4n) is 3.43. The molecule has 1 aliphatic heterocycles. The van der Waals surface area contributed by atoms with Crippen molar-refractivity contribution < 1.29 is 9.53 Å². The molecule has 0 bridgehead atoms. The van der Waals surface area contributed by atoms with E-state index in [1.54, 1.807) is 24.6 Å². The third-order valence-electron chi connectivity index (χ3n) is 5.08. The first kappa shape index (κ1) is 18.7. The molecule has 1 aliphatic rings. The van der Waals surface area contributed by atoms with Gasteiger partial charge < -0.3 is 15.0 Å². The van der Waals surface area contributed by atoms with E-state index in [9.17, 15) is 4.79 Å². The van der Waals surface area contributed by atoms with E-state index in [0.717, 1.165) is 41.9 Å². The third-order valence-corrected chi connectivity index (χ3v) is 5.76. The number of hydrogen-bond acceptors (Lipinski definition) is 5. The van der Waals surface area contributed by atoms with Gasteiger partial charge in [0.1, 0.15) is 0 Å². The summed E-state index contributed by atoms with van der Waals surface area (Å²) in [5.41, 5.74) is 4.99. The number of anilines is 1. The lowest BCUT2D eigenvalue weighted by Gasteiger charge is -2.18. The lowest BCUT2D eigenvalue weighted by molar-refractivity contribution is 0.0951. The molecule has 1 saturated heterocycles. The topological polar surface area (TPSA) is 54.5 Å². The zero-order valence-electron chi connectivity index (χ0n) is 15.8. The Morgan fingerprint density at radius 1 is 1.25 bits per heavy atom. The van der Waals surface area contributed by atoms with E-state index < -0.39 is 0 Å². The van der Waals surface area contributed by atoms with Gasteiger partial charge in [-0.25, -0.2) is 0 Å². The van der Waals surface area contributed by atoms with Crippen molar-refractivity contribution in [2.75, 3.05) is 25.1 Å². The molecule has 0 spiro atoms. The van der Waals surface area contributed by atoms with Crippen LogP contribution < -0.4 is 10.2 Å². The Balaban J connectivity index is 1.36. The van der Waals surface area contributed by atoms with Crippen LogP contribution in [0.4, 0.5) is 5.69 Å². The van der Waals surface area contributed by atoms with Crippen LogP contribution >= 0.6 is 11.3 Å². The monoisotopic (exact) mass is 393 g/mol. The van der Waals surface area contributed by atoms with Crippen LogP contribution in [0.15, 0.2) is 59.6 Å². The van der Waals surface area contributed by atoms with Crippen LogP contribution in [0.25, 0.3) is 11.1 Å². The van der Waals surface area contributed by atoms with Gasteiger partial charge in [0.25, 0.3) is 5.91 Å². The molecule has 1 N–H and O–H groups in total. The molecule has 3 aromatic rings. The van der Waals surface area contributed by atoms with E-state index >= 15 is 0 Å². The van der Waals surface area contributed by atoms with Crippen LogP contribution in [0.2, 0.25) is 0 Å². The Morgan fingerprint density at radius 3 is 2.82 bits per heavy atom. The quantitative estimate of drug-likeness (QED) is 0.689. The molecule has 1 aromatic carbocycles. The molecule has 2 aromatic heterocycles. The number of carbonyl (C=O) groups is 1. The highest BCUT2D eigenvalue weighted by Gasteiger charge is 2.22. The van der Waals surface area contributed by atoms with E-state index in [2.05, 4.69) is 32.7 Å². The number of benzene rings is 1.